The molecule has 1 aliphatic rings. The number of aliphatic carboxylic acids is 3. The summed E-state index contributed by atoms with van der Waals surface area (Å²) in [5.41, 5.74) is -2.74. The minimum Gasteiger partial charge on any atom is -0.481 e. The zero-order valence-electron chi connectivity index (χ0n) is 14.3. The predicted molar refractivity (Wildman–Crippen MR) is 84.4 cm³/mol. The van der Waals surface area contributed by atoms with Crippen LogP contribution in [0.5, 0.6) is 0 Å². The average Bonchev–Trinajstić information content (AvgIpc) is 2.36. The maximum Gasteiger partial charge on any atom is 0.336 e. The molecule has 0 amide bonds. The molecule has 3 atom stereocenters. The smallest absolute Gasteiger partial charge is 0.336 e. The molecular formula is C16H28O8. The van der Waals surface area contributed by atoms with Crippen LogP contribution < -0.4 is 0 Å². The van der Waals surface area contributed by atoms with Gasteiger partial charge in [-0.05, 0) is 30.6 Å². The first-order valence-electron chi connectivity index (χ1n) is 7.96. The molecule has 0 saturated heterocycles. The van der Waals surface area contributed by atoms with E-state index in [1.807, 2.05) is 0 Å². The molecule has 0 aromatic heterocycles. The molecule has 1 saturated carbocycles. The molecule has 0 bridgehead atoms. The van der Waals surface area contributed by atoms with Gasteiger partial charge in [0.15, 0.2) is 5.60 Å². The van der Waals surface area contributed by atoms with E-state index in [2.05, 4.69) is 20.8 Å². The van der Waals surface area contributed by atoms with E-state index in [1.165, 1.54) is 12.8 Å². The quantitative estimate of drug-likeness (QED) is 0.480. The minimum absolute atomic E-state index is 0.0289. The van der Waals surface area contributed by atoms with Crippen LogP contribution in [-0.4, -0.2) is 55.1 Å². The highest BCUT2D eigenvalue weighted by Crippen LogP contribution is 2.33. The Morgan fingerprint density at radius 1 is 1.04 bits per heavy atom. The van der Waals surface area contributed by atoms with Crippen LogP contribution in [0.4, 0.5) is 0 Å². The molecule has 0 aromatic carbocycles. The van der Waals surface area contributed by atoms with Crippen molar-refractivity contribution in [3.8, 4) is 0 Å². The Kier molecular flexibility index (Phi) is 8.92. The number of carbonyl (C=O) groups is 3. The van der Waals surface area contributed by atoms with Crippen molar-refractivity contribution in [2.24, 2.45) is 17.8 Å². The first kappa shape index (κ1) is 22.3. The van der Waals surface area contributed by atoms with E-state index < -0.39 is 36.4 Å². The molecule has 1 aliphatic carbocycles. The average molecular weight is 348 g/mol. The Morgan fingerprint density at radius 3 is 1.79 bits per heavy atom. The first-order chi connectivity index (χ1) is 10.9. The highest BCUT2D eigenvalue weighted by Gasteiger charge is 2.40. The van der Waals surface area contributed by atoms with E-state index >= 15 is 0 Å². The fourth-order valence-electron chi connectivity index (χ4n) is 2.87. The molecule has 0 aromatic rings. The summed E-state index contributed by atoms with van der Waals surface area (Å²) in [7, 11) is 0. The van der Waals surface area contributed by atoms with Crippen LogP contribution in [0.15, 0.2) is 0 Å². The van der Waals surface area contributed by atoms with Crippen molar-refractivity contribution in [2.75, 3.05) is 0 Å². The highest BCUT2D eigenvalue weighted by atomic mass is 16.4. The van der Waals surface area contributed by atoms with Gasteiger partial charge in [-0.25, -0.2) is 4.79 Å². The Bertz CT molecular complexity index is 429. The summed E-state index contributed by atoms with van der Waals surface area (Å²) in [4.78, 5) is 30.5. The van der Waals surface area contributed by atoms with E-state index in [9.17, 15) is 19.5 Å². The molecule has 3 unspecified atom stereocenters. The highest BCUT2D eigenvalue weighted by molar-refractivity contribution is 5.88. The van der Waals surface area contributed by atoms with Crippen LogP contribution in [0.25, 0.3) is 0 Å². The van der Waals surface area contributed by atoms with Crippen molar-refractivity contribution in [3.05, 3.63) is 0 Å². The van der Waals surface area contributed by atoms with Gasteiger partial charge >= 0.3 is 17.9 Å². The normalized spacial score (nSPS) is 24.0. The zero-order valence-corrected chi connectivity index (χ0v) is 14.3. The molecule has 24 heavy (non-hydrogen) atoms. The van der Waals surface area contributed by atoms with Crippen molar-refractivity contribution >= 4 is 17.9 Å². The maximum atomic E-state index is 10.3. The number of rotatable bonds is 6. The summed E-state index contributed by atoms with van der Waals surface area (Å²) in [5.74, 6) is -3.07. The molecule has 0 aliphatic heterocycles. The number of hydrogen-bond donors (Lipinski definition) is 5. The van der Waals surface area contributed by atoms with Crippen LogP contribution in [0.2, 0.25) is 0 Å². The lowest BCUT2D eigenvalue weighted by atomic mass is 9.75. The largest absolute Gasteiger partial charge is 0.481 e. The second-order valence-electron chi connectivity index (χ2n) is 6.87. The van der Waals surface area contributed by atoms with Gasteiger partial charge in [-0.2, -0.15) is 0 Å². The number of carboxylic acids is 3. The maximum absolute atomic E-state index is 10.3. The number of aliphatic hydroxyl groups excluding tert-OH is 1. The van der Waals surface area contributed by atoms with Gasteiger partial charge in [0, 0.05) is 0 Å². The Hall–Kier alpha value is -1.67. The first-order valence-corrected chi connectivity index (χ1v) is 7.96. The van der Waals surface area contributed by atoms with Crippen LogP contribution in [0, 0.1) is 17.8 Å². The second kappa shape index (κ2) is 9.58. The van der Waals surface area contributed by atoms with Crippen LogP contribution in [0.1, 0.15) is 52.9 Å². The predicted octanol–water partition coefficient (Wildman–Crippen LogP) is 1.19. The van der Waals surface area contributed by atoms with Crippen molar-refractivity contribution in [1.29, 1.82) is 0 Å². The number of hydrogen-bond acceptors (Lipinski definition) is 5. The monoisotopic (exact) mass is 348 g/mol. The second-order valence-corrected chi connectivity index (χ2v) is 6.87. The van der Waals surface area contributed by atoms with E-state index in [4.69, 9.17) is 20.4 Å². The van der Waals surface area contributed by atoms with Gasteiger partial charge in [-0.3, -0.25) is 9.59 Å². The molecule has 5 N–H and O–H groups in total. The lowest BCUT2D eigenvalue weighted by molar-refractivity contribution is -0.170. The lowest BCUT2D eigenvalue weighted by Crippen LogP contribution is -2.42. The van der Waals surface area contributed by atoms with Crippen molar-refractivity contribution in [2.45, 2.75) is 64.6 Å². The fourth-order valence-corrected chi connectivity index (χ4v) is 2.87. The Balaban J connectivity index is 0.000000446. The molecule has 0 spiro atoms. The van der Waals surface area contributed by atoms with Gasteiger partial charge in [0.05, 0.1) is 18.9 Å². The van der Waals surface area contributed by atoms with Gasteiger partial charge in [0.25, 0.3) is 0 Å². The molecule has 140 valence electrons. The SMILES string of the molecule is CC1CCC(C(C)C)C(O)C1.O=C(O)CC(O)(CC(=O)O)C(=O)O. The minimum atomic E-state index is -2.74. The van der Waals surface area contributed by atoms with E-state index in [-0.39, 0.29) is 6.10 Å². The zero-order chi connectivity index (χ0) is 19.1. The lowest BCUT2D eigenvalue weighted by Gasteiger charge is -2.33. The molecule has 0 heterocycles. The van der Waals surface area contributed by atoms with Gasteiger partial charge in [-0.15, -0.1) is 0 Å². The van der Waals surface area contributed by atoms with E-state index in [1.54, 1.807) is 0 Å². The number of aliphatic hydroxyl groups is 2. The van der Waals surface area contributed by atoms with Gasteiger partial charge < -0.3 is 25.5 Å². The summed E-state index contributed by atoms with van der Waals surface area (Å²) in [6.45, 7) is 6.66. The van der Waals surface area contributed by atoms with Crippen LogP contribution in [0.3, 0.4) is 0 Å². The van der Waals surface area contributed by atoms with Gasteiger partial charge in [-0.1, -0.05) is 27.2 Å². The molecular weight excluding hydrogens is 320 g/mol. The van der Waals surface area contributed by atoms with Gasteiger partial charge in [0.1, 0.15) is 0 Å². The van der Waals surface area contributed by atoms with E-state index in [0.717, 1.165) is 12.3 Å². The van der Waals surface area contributed by atoms with E-state index in [0.29, 0.717) is 11.8 Å². The summed E-state index contributed by atoms with van der Waals surface area (Å²) in [6, 6.07) is 0. The summed E-state index contributed by atoms with van der Waals surface area (Å²) >= 11 is 0. The fraction of sp³-hybridized carbons (Fsp3) is 0.812. The summed E-state index contributed by atoms with van der Waals surface area (Å²) in [5, 5.41) is 43.5. The number of carboxylic acid groups (broad SMARTS) is 3. The molecule has 8 nitrogen and oxygen atoms in total. The Labute approximate surface area is 141 Å². The Morgan fingerprint density at radius 2 is 1.50 bits per heavy atom. The third-order valence-electron chi connectivity index (χ3n) is 4.27. The third-order valence-corrected chi connectivity index (χ3v) is 4.27. The van der Waals surface area contributed by atoms with Crippen molar-refractivity contribution in [1.82, 2.24) is 0 Å². The van der Waals surface area contributed by atoms with Gasteiger partial charge in [0.2, 0.25) is 0 Å². The van der Waals surface area contributed by atoms with Crippen LogP contribution in [-0.2, 0) is 14.4 Å². The molecule has 1 rings (SSSR count). The van der Waals surface area contributed by atoms with Crippen LogP contribution >= 0.6 is 0 Å². The molecule has 8 heteroatoms. The third kappa shape index (κ3) is 7.74. The topological polar surface area (TPSA) is 152 Å². The van der Waals surface area contributed by atoms with Crippen molar-refractivity contribution < 1.29 is 39.9 Å². The standard InChI is InChI=1S/C10H20O.C6H8O7/c1-7(2)9-5-4-8(3)6-10(9)11;7-3(8)1-6(13,5(11)12)2-4(9)10/h7-11H,4-6H2,1-3H3;13H,1-2H2,(H,7,8)(H,9,10)(H,11,12). The molecule has 0 radical (unpaired) electrons. The molecule has 1 fully saturated rings. The van der Waals surface area contributed by atoms with Crippen molar-refractivity contribution in [3.63, 3.8) is 0 Å². The summed E-state index contributed by atoms with van der Waals surface area (Å²) < 4.78 is 0. The summed E-state index contributed by atoms with van der Waals surface area (Å²) in [6.07, 6.45) is 1.23.